The van der Waals surface area contributed by atoms with Crippen LogP contribution in [-0.2, 0) is 0 Å². The van der Waals surface area contributed by atoms with E-state index in [4.69, 9.17) is 0 Å². The normalized spacial score (nSPS) is 16.9. The summed E-state index contributed by atoms with van der Waals surface area (Å²) in [6.07, 6.45) is 0. The second-order valence-electron chi connectivity index (χ2n) is 2.85. The molecule has 67 valence electrons. The van der Waals surface area contributed by atoms with Gasteiger partial charge in [0, 0.05) is 4.91 Å². The molecule has 0 amide bonds. The van der Waals surface area contributed by atoms with Gasteiger partial charge in [-0.2, -0.15) is 0 Å². The lowest BCUT2D eigenvalue weighted by Crippen LogP contribution is -2.06. The van der Waals surface area contributed by atoms with Crippen molar-refractivity contribution in [2.45, 2.75) is 6.92 Å². The average molecular weight is 192 g/mol. The van der Waals surface area contributed by atoms with Gasteiger partial charge < -0.3 is 0 Å². The third-order valence-corrected chi connectivity index (χ3v) is 3.05. The summed E-state index contributed by atoms with van der Waals surface area (Å²) in [5.41, 5.74) is 2.04. The van der Waals surface area contributed by atoms with Crippen LogP contribution in [0.4, 0.5) is 0 Å². The van der Waals surface area contributed by atoms with Crippen molar-refractivity contribution in [1.29, 1.82) is 0 Å². The Labute approximate surface area is 81.8 Å². The fourth-order valence-electron chi connectivity index (χ4n) is 1.24. The summed E-state index contributed by atoms with van der Waals surface area (Å²) in [4.78, 5) is 1.11. The van der Waals surface area contributed by atoms with Crippen LogP contribution in [0, 0.1) is 5.88 Å². The Morgan fingerprint density at radius 1 is 1.23 bits per heavy atom. The molecule has 1 aliphatic heterocycles. The number of hydrogen-bond donors (Lipinski definition) is 1. The van der Waals surface area contributed by atoms with Crippen molar-refractivity contribution in [3.63, 3.8) is 0 Å². The van der Waals surface area contributed by atoms with E-state index in [0.29, 0.717) is 0 Å². The molecule has 0 unspecified atom stereocenters. The molecule has 2 rings (SSSR count). The van der Waals surface area contributed by atoms with Crippen molar-refractivity contribution in [1.82, 2.24) is 5.06 Å². The third kappa shape index (κ3) is 1.57. The highest BCUT2D eigenvalue weighted by Crippen LogP contribution is 2.40. The van der Waals surface area contributed by atoms with E-state index in [1.165, 1.54) is 0 Å². The standard InChI is InChI=1S/C10H10NOS/c1-8-10(13-7-11(8)12)9-5-3-2-4-6-9/h2-7,12H,1H3. The maximum atomic E-state index is 9.33. The van der Waals surface area contributed by atoms with Gasteiger partial charge >= 0.3 is 0 Å². The lowest BCUT2D eigenvalue weighted by atomic mass is 10.2. The summed E-state index contributed by atoms with van der Waals surface area (Å²) in [6.45, 7) is 1.90. The van der Waals surface area contributed by atoms with Gasteiger partial charge in [-0.3, -0.25) is 5.21 Å². The second-order valence-corrected chi connectivity index (χ2v) is 3.70. The SMILES string of the molecule is CC1=C(c2ccccc2)S[CH]N1O. The molecule has 0 fully saturated rings. The van der Waals surface area contributed by atoms with Crippen LogP contribution in [0.15, 0.2) is 36.0 Å². The molecule has 3 heteroatoms. The van der Waals surface area contributed by atoms with Crippen molar-refractivity contribution in [2.75, 3.05) is 0 Å². The van der Waals surface area contributed by atoms with E-state index in [1.54, 1.807) is 17.6 Å². The van der Waals surface area contributed by atoms with Gasteiger partial charge in [-0.15, -0.1) is 0 Å². The first-order valence-corrected chi connectivity index (χ1v) is 4.91. The summed E-state index contributed by atoms with van der Waals surface area (Å²) in [7, 11) is 0. The topological polar surface area (TPSA) is 23.5 Å². The zero-order chi connectivity index (χ0) is 9.26. The predicted molar refractivity (Wildman–Crippen MR) is 54.6 cm³/mol. The minimum atomic E-state index is 0.885. The van der Waals surface area contributed by atoms with E-state index in [-0.39, 0.29) is 0 Å². The van der Waals surface area contributed by atoms with Gasteiger partial charge in [-0.05, 0) is 12.5 Å². The van der Waals surface area contributed by atoms with Crippen LogP contribution in [0.1, 0.15) is 12.5 Å². The molecular formula is C10H10NOS. The summed E-state index contributed by atoms with van der Waals surface area (Å²) in [6, 6.07) is 10.1. The molecule has 1 aromatic carbocycles. The van der Waals surface area contributed by atoms with Gasteiger partial charge in [0.25, 0.3) is 0 Å². The molecule has 13 heavy (non-hydrogen) atoms. The summed E-state index contributed by atoms with van der Waals surface area (Å²) >= 11 is 1.54. The summed E-state index contributed by atoms with van der Waals surface area (Å²) in [5.74, 6) is 1.69. The molecule has 1 aromatic rings. The van der Waals surface area contributed by atoms with Crippen molar-refractivity contribution in [2.24, 2.45) is 0 Å². The fraction of sp³-hybridized carbons (Fsp3) is 0.100. The molecule has 1 aliphatic rings. The molecule has 1 heterocycles. The Morgan fingerprint density at radius 2 is 1.92 bits per heavy atom. The summed E-state index contributed by atoms with van der Waals surface area (Å²) in [5, 5.41) is 10.5. The molecule has 0 saturated carbocycles. The number of benzene rings is 1. The molecule has 1 radical (unpaired) electrons. The highest BCUT2D eigenvalue weighted by Gasteiger charge is 2.19. The zero-order valence-electron chi connectivity index (χ0n) is 7.27. The lowest BCUT2D eigenvalue weighted by Gasteiger charge is -2.07. The predicted octanol–water partition coefficient (Wildman–Crippen LogP) is 2.93. The number of hydroxylamine groups is 2. The number of nitrogens with zero attached hydrogens (tertiary/aromatic N) is 1. The number of allylic oxidation sites excluding steroid dienone is 1. The largest absolute Gasteiger partial charge is 0.287 e. The number of thioether (sulfide) groups is 1. The van der Waals surface area contributed by atoms with Crippen molar-refractivity contribution in [3.05, 3.63) is 47.5 Å². The van der Waals surface area contributed by atoms with E-state index in [9.17, 15) is 5.21 Å². The van der Waals surface area contributed by atoms with E-state index in [1.807, 2.05) is 37.3 Å². The number of hydrogen-bond acceptors (Lipinski definition) is 3. The van der Waals surface area contributed by atoms with Crippen LogP contribution in [0.25, 0.3) is 4.91 Å². The van der Waals surface area contributed by atoms with Crippen LogP contribution < -0.4 is 0 Å². The van der Waals surface area contributed by atoms with Gasteiger partial charge in [-0.25, -0.2) is 5.06 Å². The van der Waals surface area contributed by atoms with Crippen molar-refractivity contribution >= 4 is 16.7 Å². The fourth-order valence-corrected chi connectivity index (χ4v) is 2.14. The van der Waals surface area contributed by atoms with Gasteiger partial charge in [-0.1, -0.05) is 42.1 Å². The Bertz CT molecular complexity index is 334. The van der Waals surface area contributed by atoms with Crippen molar-refractivity contribution < 1.29 is 5.21 Å². The first-order chi connectivity index (χ1) is 6.29. The monoisotopic (exact) mass is 192 g/mol. The minimum Gasteiger partial charge on any atom is -0.287 e. The maximum absolute atomic E-state index is 9.33. The molecule has 0 aliphatic carbocycles. The third-order valence-electron chi connectivity index (χ3n) is 1.98. The number of rotatable bonds is 1. The van der Waals surface area contributed by atoms with Gasteiger partial charge in [0.1, 0.15) is 5.88 Å². The maximum Gasteiger partial charge on any atom is 0.138 e. The minimum absolute atomic E-state index is 0.885. The van der Waals surface area contributed by atoms with E-state index in [0.717, 1.165) is 21.2 Å². The van der Waals surface area contributed by atoms with E-state index in [2.05, 4.69) is 0 Å². The molecule has 0 bridgehead atoms. The van der Waals surface area contributed by atoms with Crippen LogP contribution >= 0.6 is 11.8 Å². The highest BCUT2D eigenvalue weighted by atomic mass is 32.2. The summed E-state index contributed by atoms with van der Waals surface area (Å²) < 4.78 is 0. The van der Waals surface area contributed by atoms with Crippen LogP contribution in [0.3, 0.4) is 0 Å². The van der Waals surface area contributed by atoms with Crippen LogP contribution in [0.2, 0.25) is 0 Å². The molecule has 2 nitrogen and oxygen atoms in total. The van der Waals surface area contributed by atoms with E-state index >= 15 is 0 Å². The Kier molecular flexibility index (Phi) is 2.29. The van der Waals surface area contributed by atoms with Crippen LogP contribution in [0.5, 0.6) is 0 Å². The molecule has 0 aromatic heterocycles. The molecule has 0 atom stereocenters. The Balaban J connectivity index is 2.38. The van der Waals surface area contributed by atoms with Gasteiger partial charge in [0.2, 0.25) is 0 Å². The Morgan fingerprint density at radius 3 is 2.46 bits per heavy atom. The van der Waals surface area contributed by atoms with Gasteiger partial charge in [0.05, 0.1) is 5.70 Å². The van der Waals surface area contributed by atoms with E-state index < -0.39 is 0 Å². The lowest BCUT2D eigenvalue weighted by molar-refractivity contribution is -0.00936. The van der Waals surface area contributed by atoms with Crippen LogP contribution in [-0.4, -0.2) is 10.3 Å². The Hall–Kier alpha value is -0.930. The highest BCUT2D eigenvalue weighted by molar-refractivity contribution is 8.10. The first kappa shape index (κ1) is 8.66. The van der Waals surface area contributed by atoms with Gasteiger partial charge in [0.15, 0.2) is 0 Å². The molecule has 0 saturated heterocycles. The molecule has 1 N–H and O–H groups in total. The average Bonchev–Trinajstić information content (AvgIpc) is 2.49. The first-order valence-electron chi connectivity index (χ1n) is 4.03. The second kappa shape index (κ2) is 3.44. The zero-order valence-corrected chi connectivity index (χ0v) is 8.08. The van der Waals surface area contributed by atoms with Crippen molar-refractivity contribution in [3.8, 4) is 0 Å². The molecule has 0 spiro atoms. The quantitative estimate of drug-likeness (QED) is 0.740. The molecular weight excluding hydrogens is 182 g/mol. The smallest absolute Gasteiger partial charge is 0.138 e.